The first kappa shape index (κ1) is 23.2. The molecule has 1 aromatic heterocycles. The molecule has 32 heavy (non-hydrogen) atoms. The minimum Gasteiger partial charge on any atom is -0.356 e. The molecule has 6 nitrogen and oxygen atoms in total. The summed E-state index contributed by atoms with van der Waals surface area (Å²) in [5, 5.41) is 14.7. The number of thiazole rings is 1. The molecule has 0 spiro atoms. The van der Waals surface area contributed by atoms with Gasteiger partial charge in [0.2, 0.25) is 11.8 Å². The SMILES string of the molecule is Cc1ccc(-c2nc(CCNC(=O)CCC(=O)N(CCC#N)c3ccccc3)cs2)cc1. The third-order valence-electron chi connectivity index (χ3n) is 4.94. The van der Waals surface area contributed by atoms with E-state index in [0.717, 1.165) is 22.0 Å². The Morgan fingerprint density at radius 3 is 2.56 bits per heavy atom. The molecule has 3 rings (SSSR count). The van der Waals surface area contributed by atoms with Gasteiger partial charge in [0.05, 0.1) is 18.2 Å². The molecule has 164 valence electrons. The molecule has 0 fully saturated rings. The Hall–Kier alpha value is -3.50. The van der Waals surface area contributed by atoms with E-state index < -0.39 is 0 Å². The summed E-state index contributed by atoms with van der Waals surface area (Å²) in [5.74, 6) is -0.329. The second kappa shape index (κ2) is 11.8. The van der Waals surface area contributed by atoms with Crippen molar-refractivity contribution in [3.05, 3.63) is 71.2 Å². The van der Waals surface area contributed by atoms with Gasteiger partial charge in [0.25, 0.3) is 0 Å². The Morgan fingerprint density at radius 2 is 1.84 bits per heavy atom. The highest BCUT2D eigenvalue weighted by molar-refractivity contribution is 7.13. The maximum Gasteiger partial charge on any atom is 0.227 e. The van der Waals surface area contributed by atoms with Crippen molar-refractivity contribution in [2.45, 2.75) is 32.6 Å². The lowest BCUT2D eigenvalue weighted by molar-refractivity contribution is -0.125. The molecule has 7 heteroatoms. The van der Waals surface area contributed by atoms with Crippen LogP contribution in [0.25, 0.3) is 10.6 Å². The quantitative estimate of drug-likeness (QED) is 0.497. The summed E-state index contributed by atoms with van der Waals surface area (Å²) in [6.07, 6.45) is 1.09. The Balaban J connectivity index is 1.44. The van der Waals surface area contributed by atoms with Crippen LogP contribution >= 0.6 is 11.3 Å². The fraction of sp³-hybridized carbons (Fsp3) is 0.280. The number of amides is 2. The average molecular weight is 447 g/mol. The summed E-state index contributed by atoms with van der Waals surface area (Å²) in [6.45, 7) is 2.84. The molecule has 0 saturated carbocycles. The Bertz CT molecular complexity index is 1070. The van der Waals surface area contributed by atoms with Gasteiger partial charge in [0.1, 0.15) is 5.01 Å². The maximum atomic E-state index is 12.6. The number of hydrogen-bond acceptors (Lipinski definition) is 5. The van der Waals surface area contributed by atoms with Gasteiger partial charge in [-0.2, -0.15) is 5.26 Å². The number of nitriles is 1. The Labute approximate surface area is 192 Å². The predicted molar refractivity (Wildman–Crippen MR) is 127 cm³/mol. The van der Waals surface area contributed by atoms with Gasteiger partial charge in [-0.15, -0.1) is 11.3 Å². The predicted octanol–water partition coefficient (Wildman–Crippen LogP) is 4.50. The molecule has 2 aromatic carbocycles. The Kier molecular flexibility index (Phi) is 8.52. The fourth-order valence-corrected chi connectivity index (χ4v) is 4.05. The molecule has 1 N–H and O–H groups in total. The summed E-state index contributed by atoms with van der Waals surface area (Å²) >= 11 is 1.59. The zero-order valence-corrected chi connectivity index (χ0v) is 18.9. The molecule has 0 saturated heterocycles. The van der Waals surface area contributed by atoms with Crippen LogP contribution in [0.3, 0.4) is 0 Å². The van der Waals surface area contributed by atoms with Crippen molar-refractivity contribution in [2.24, 2.45) is 0 Å². The van der Waals surface area contributed by atoms with Crippen LogP contribution in [0, 0.1) is 18.3 Å². The van der Waals surface area contributed by atoms with Crippen molar-refractivity contribution < 1.29 is 9.59 Å². The third-order valence-corrected chi connectivity index (χ3v) is 5.88. The summed E-state index contributed by atoms with van der Waals surface area (Å²) in [4.78, 5) is 31.1. The van der Waals surface area contributed by atoms with E-state index in [4.69, 9.17) is 5.26 Å². The third kappa shape index (κ3) is 6.76. The Morgan fingerprint density at radius 1 is 1.09 bits per heavy atom. The summed E-state index contributed by atoms with van der Waals surface area (Å²) < 4.78 is 0. The summed E-state index contributed by atoms with van der Waals surface area (Å²) in [6, 6.07) is 19.5. The molecule has 1 heterocycles. The second-order valence-electron chi connectivity index (χ2n) is 7.40. The summed E-state index contributed by atoms with van der Waals surface area (Å²) in [5.41, 5.74) is 3.98. The number of nitrogens with zero attached hydrogens (tertiary/aromatic N) is 3. The van der Waals surface area contributed by atoms with Crippen LogP contribution < -0.4 is 10.2 Å². The molecule has 0 unspecified atom stereocenters. The van der Waals surface area contributed by atoms with Crippen molar-refractivity contribution in [1.82, 2.24) is 10.3 Å². The van der Waals surface area contributed by atoms with E-state index in [1.54, 1.807) is 16.2 Å². The van der Waals surface area contributed by atoms with Crippen molar-refractivity contribution >= 4 is 28.8 Å². The maximum absolute atomic E-state index is 12.6. The number of carbonyl (C=O) groups is 2. The molecule has 0 radical (unpaired) electrons. The van der Waals surface area contributed by atoms with Crippen molar-refractivity contribution in [3.63, 3.8) is 0 Å². The van der Waals surface area contributed by atoms with Gasteiger partial charge in [0.15, 0.2) is 0 Å². The molecule has 0 aliphatic rings. The number of aromatic nitrogens is 1. The number of aryl methyl sites for hydroxylation is 1. The van der Waals surface area contributed by atoms with E-state index in [9.17, 15) is 9.59 Å². The van der Waals surface area contributed by atoms with Crippen molar-refractivity contribution in [2.75, 3.05) is 18.0 Å². The number of para-hydroxylation sites is 1. The lowest BCUT2D eigenvalue weighted by Gasteiger charge is -2.21. The van der Waals surface area contributed by atoms with Gasteiger partial charge in [-0.05, 0) is 19.1 Å². The van der Waals surface area contributed by atoms with Crippen LogP contribution in [0.1, 0.15) is 30.5 Å². The lowest BCUT2D eigenvalue weighted by Crippen LogP contribution is -2.33. The van der Waals surface area contributed by atoms with E-state index in [-0.39, 0.29) is 31.1 Å². The molecular weight excluding hydrogens is 420 g/mol. The highest BCUT2D eigenvalue weighted by Gasteiger charge is 2.16. The number of rotatable bonds is 10. The van der Waals surface area contributed by atoms with Crippen LogP contribution in [0.4, 0.5) is 5.69 Å². The lowest BCUT2D eigenvalue weighted by atomic mass is 10.2. The molecule has 2 amide bonds. The van der Waals surface area contributed by atoms with Crippen LogP contribution in [0.5, 0.6) is 0 Å². The van der Waals surface area contributed by atoms with Gasteiger partial charge >= 0.3 is 0 Å². The largest absolute Gasteiger partial charge is 0.356 e. The van der Waals surface area contributed by atoms with Gasteiger partial charge in [-0.1, -0.05) is 48.0 Å². The highest BCUT2D eigenvalue weighted by Crippen LogP contribution is 2.24. The van der Waals surface area contributed by atoms with E-state index in [1.807, 2.05) is 35.7 Å². The zero-order chi connectivity index (χ0) is 22.8. The van der Waals surface area contributed by atoms with Gasteiger partial charge in [-0.25, -0.2) is 4.98 Å². The smallest absolute Gasteiger partial charge is 0.227 e. The standard InChI is InChI=1S/C25H26N4O2S/c1-19-8-10-20(11-9-19)25-28-21(18-32-25)14-16-27-23(30)12-13-24(31)29(17-5-15-26)22-6-3-2-4-7-22/h2-4,6-11,18H,5,12-14,16-17H2,1H3,(H,27,30). The minimum atomic E-state index is -0.166. The van der Waals surface area contributed by atoms with Crippen LogP contribution in [-0.4, -0.2) is 29.9 Å². The van der Waals surface area contributed by atoms with E-state index >= 15 is 0 Å². The number of nitrogens with one attached hydrogen (secondary N) is 1. The highest BCUT2D eigenvalue weighted by atomic mass is 32.1. The first-order chi connectivity index (χ1) is 15.6. The van der Waals surface area contributed by atoms with Crippen LogP contribution in [0.15, 0.2) is 60.0 Å². The number of hydrogen-bond donors (Lipinski definition) is 1. The topological polar surface area (TPSA) is 86.1 Å². The zero-order valence-electron chi connectivity index (χ0n) is 18.1. The van der Waals surface area contributed by atoms with Crippen LogP contribution in [-0.2, 0) is 16.0 Å². The van der Waals surface area contributed by atoms with E-state index in [1.165, 1.54) is 5.56 Å². The molecule has 0 atom stereocenters. The van der Waals surface area contributed by atoms with E-state index in [2.05, 4.69) is 47.6 Å². The number of carbonyl (C=O) groups excluding carboxylic acids is 2. The van der Waals surface area contributed by atoms with Crippen molar-refractivity contribution in [3.8, 4) is 16.6 Å². The fourth-order valence-electron chi connectivity index (χ4n) is 3.19. The van der Waals surface area contributed by atoms with Gasteiger partial charge < -0.3 is 10.2 Å². The average Bonchev–Trinajstić information content (AvgIpc) is 3.28. The van der Waals surface area contributed by atoms with Gasteiger partial charge in [0, 0.05) is 49.0 Å². The van der Waals surface area contributed by atoms with Crippen LogP contribution in [0.2, 0.25) is 0 Å². The first-order valence-corrected chi connectivity index (χ1v) is 11.5. The molecule has 0 bridgehead atoms. The van der Waals surface area contributed by atoms with Crippen molar-refractivity contribution in [1.29, 1.82) is 5.26 Å². The normalized spacial score (nSPS) is 10.4. The molecule has 3 aromatic rings. The van der Waals surface area contributed by atoms with E-state index in [0.29, 0.717) is 19.5 Å². The molecule has 0 aliphatic heterocycles. The minimum absolute atomic E-state index is 0.0976. The number of anilines is 1. The molecular formula is C25H26N4O2S. The summed E-state index contributed by atoms with van der Waals surface area (Å²) in [7, 11) is 0. The number of benzene rings is 2. The van der Waals surface area contributed by atoms with Gasteiger partial charge in [-0.3, -0.25) is 9.59 Å². The second-order valence-corrected chi connectivity index (χ2v) is 8.26. The molecule has 0 aliphatic carbocycles. The first-order valence-electron chi connectivity index (χ1n) is 10.6. The monoisotopic (exact) mass is 446 g/mol.